The molecule has 2 N–H and O–H groups in total. The number of hydrogen-bond donors (Lipinski definition) is 1. The van der Waals surface area contributed by atoms with E-state index in [2.05, 4.69) is 26.0 Å². The van der Waals surface area contributed by atoms with E-state index < -0.39 is 0 Å². The summed E-state index contributed by atoms with van der Waals surface area (Å²) in [6, 6.07) is 6.28. The summed E-state index contributed by atoms with van der Waals surface area (Å²) in [5, 5.41) is 0.800. The molecule has 0 spiro atoms. The van der Waals surface area contributed by atoms with E-state index in [4.69, 9.17) is 5.73 Å². The number of anilines is 1. The summed E-state index contributed by atoms with van der Waals surface area (Å²) >= 11 is 2.04. The maximum absolute atomic E-state index is 5.97. The van der Waals surface area contributed by atoms with E-state index in [1.54, 1.807) is 0 Å². The molecule has 0 bridgehead atoms. The first kappa shape index (κ1) is 12.8. The van der Waals surface area contributed by atoms with E-state index in [9.17, 15) is 0 Å². The molecule has 2 rings (SSSR count). The van der Waals surface area contributed by atoms with Gasteiger partial charge in [-0.1, -0.05) is 32.3 Å². The average Bonchev–Trinajstić information content (AvgIpc) is 2.35. The molecule has 0 aromatic heterocycles. The van der Waals surface area contributed by atoms with Crippen LogP contribution in [0.2, 0.25) is 0 Å². The Balaban J connectivity index is 2.02. The minimum Gasteiger partial charge on any atom is -0.398 e. The van der Waals surface area contributed by atoms with Crippen molar-refractivity contribution in [3.8, 4) is 0 Å². The number of rotatable bonds is 3. The van der Waals surface area contributed by atoms with Crippen molar-refractivity contribution in [1.29, 1.82) is 0 Å². The molecule has 0 amide bonds. The molecule has 0 radical (unpaired) electrons. The van der Waals surface area contributed by atoms with Crippen LogP contribution in [0.5, 0.6) is 0 Å². The molecule has 2 atom stereocenters. The molecule has 1 aromatic carbocycles. The van der Waals surface area contributed by atoms with Crippen molar-refractivity contribution >= 4 is 17.4 Å². The summed E-state index contributed by atoms with van der Waals surface area (Å²) in [7, 11) is 0. The molecular weight excluding hydrogens is 226 g/mol. The molecular formula is C15H23NS. The molecule has 1 aliphatic carbocycles. The molecule has 94 valence electrons. The zero-order chi connectivity index (χ0) is 12.3. The Hall–Kier alpha value is -0.630. The normalized spacial score (nSPS) is 24.8. The van der Waals surface area contributed by atoms with Crippen molar-refractivity contribution in [1.82, 2.24) is 0 Å². The summed E-state index contributed by atoms with van der Waals surface area (Å²) in [5.41, 5.74) is 8.15. The van der Waals surface area contributed by atoms with Crippen LogP contribution in [-0.2, 0) is 0 Å². The second-order valence-corrected chi connectivity index (χ2v) is 6.49. The Kier molecular flexibility index (Phi) is 4.38. The van der Waals surface area contributed by atoms with Crippen molar-refractivity contribution in [3.05, 3.63) is 23.8 Å². The zero-order valence-electron chi connectivity index (χ0n) is 10.9. The molecule has 1 aromatic rings. The number of nitrogen functional groups attached to an aromatic ring is 1. The number of hydrogen-bond acceptors (Lipinski definition) is 2. The van der Waals surface area contributed by atoms with Gasteiger partial charge in [-0.05, 0) is 43.4 Å². The number of nitrogens with two attached hydrogens (primary N) is 1. The SMILES string of the molecule is CCC1CCCC(Sc2cccc(N)c2C)C1. The lowest BCUT2D eigenvalue weighted by atomic mass is 9.87. The van der Waals surface area contributed by atoms with E-state index in [1.165, 1.54) is 42.6 Å². The molecule has 1 nitrogen and oxygen atoms in total. The van der Waals surface area contributed by atoms with Crippen LogP contribution in [-0.4, -0.2) is 5.25 Å². The van der Waals surface area contributed by atoms with Gasteiger partial charge in [-0.3, -0.25) is 0 Å². The van der Waals surface area contributed by atoms with Crippen LogP contribution in [0.4, 0.5) is 5.69 Å². The highest BCUT2D eigenvalue weighted by Gasteiger charge is 2.22. The molecule has 0 heterocycles. The monoisotopic (exact) mass is 249 g/mol. The highest BCUT2D eigenvalue weighted by Crippen LogP contribution is 2.39. The standard InChI is InChI=1S/C15H23NS/c1-3-12-6-4-7-13(10-12)17-15-9-5-8-14(16)11(15)2/h5,8-9,12-13H,3-4,6-7,10,16H2,1-2H3. The molecule has 2 unspecified atom stereocenters. The lowest BCUT2D eigenvalue weighted by molar-refractivity contribution is 0.357. The molecule has 1 aliphatic rings. The third-order valence-electron chi connectivity index (χ3n) is 3.93. The predicted molar refractivity (Wildman–Crippen MR) is 77.5 cm³/mol. The topological polar surface area (TPSA) is 26.0 Å². The van der Waals surface area contributed by atoms with Crippen molar-refractivity contribution in [2.45, 2.75) is 56.1 Å². The molecule has 17 heavy (non-hydrogen) atoms. The maximum atomic E-state index is 5.97. The lowest BCUT2D eigenvalue weighted by Gasteiger charge is -2.28. The van der Waals surface area contributed by atoms with Crippen molar-refractivity contribution in [3.63, 3.8) is 0 Å². The average molecular weight is 249 g/mol. The van der Waals surface area contributed by atoms with Crippen molar-refractivity contribution in [2.24, 2.45) is 5.92 Å². The minimum atomic E-state index is 0.800. The van der Waals surface area contributed by atoms with Gasteiger partial charge in [0, 0.05) is 15.8 Å². The lowest BCUT2D eigenvalue weighted by Crippen LogP contribution is -2.16. The smallest absolute Gasteiger partial charge is 0.0354 e. The first-order chi connectivity index (χ1) is 8.20. The van der Waals surface area contributed by atoms with Crippen LogP contribution in [0.25, 0.3) is 0 Å². The van der Waals surface area contributed by atoms with E-state index in [1.807, 2.05) is 17.8 Å². The fourth-order valence-electron chi connectivity index (χ4n) is 2.66. The van der Waals surface area contributed by atoms with Crippen LogP contribution in [0.1, 0.15) is 44.6 Å². The molecule has 0 aliphatic heterocycles. The second-order valence-electron chi connectivity index (χ2n) is 5.15. The molecule has 0 saturated heterocycles. The van der Waals surface area contributed by atoms with Gasteiger partial charge in [0.1, 0.15) is 0 Å². The summed E-state index contributed by atoms with van der Waals surface area (Å²) < 4.78 is 0. The summed E-state index contributed by atoms with van der Waals surface area (Å²) in [5.74, 6) is 0.947. The van der Waals surface area contributed by atoms with Gasteiger partial charge in [-0.15, -0.1) is 11.8 Å². The first-order valence-electron chi connectivity index (χ1n) is 6.72. The quantitative estimate of drug-likeness (QED) is 0.790. The van der Waals surface area contributed by atoms with Gasteiger partial charge < -0.3 is 5.73 Å². The van der Waals surface area contributed by atoms with Crippen LogP contribution in [0, 0.1) is 12.8 Å². The van der Waals surface area contributed by atoms with Crippen molar-refractivity contribution in [2.75, 3.05) is 5.73 Å². The van der Waals surface area contributed by atoms with Gasteiger partial charge in [0.05, 0.1) is 0 Å². The van der Waals surface area contributed by atoms with E-state index >= 15 is 0 Å². The maximum Gasteiger partial charge on any atom is 0.0354 e. The van der Waals surface area contributed by atoms with Gasteiger partial charge in [-0.2, -0.15) is 0 Å². The van der Waals surface area contributed by atoms with Gasteiger partial charge in [0.2, 0.25) is 0 Å². The predicted octanol–water partition coefficient (Wildman–Crippen LogP) is 4.64. The second kappa shape index (κ2) is 5.81. The van der Waals surface area contributed by atoms with Gasteiger partial charge in [0.15, 0.2) is 0 Å². The largest absolute Gasteiger partial charge is 0.398 e. The van der Waals surface area contributed by atoms with Crippen LogP contribution >= 0.6 is 11.8 Å². The van der Waals surface area contributed by atoms with Crippen LogP contribution in [0.15, 0.2) is 23.1 Å². The zero-order valence-corrected chi connectivity index (χ0v) is 11.7. The minimum absolute atomic E-state index is 0.800. The highest BCUT2D eigenvalue weighted by atomic mass is 32.2. The number of thioether (sulfide) groups is 1. The fourth-order valence-corrected chi connectivity index (χ4v) is 4.12. The Morgan fingerprint density at radius 2 is 2.18 bits per heavy atom. The Labute approximate surface area is 109 Å². The van der Waals surface area contributed by atoms with E-state index in [0.29, 0.717) is 0 Å². The first-order valence-corrected chi connectivity index (χ1v) is 7.60. The highest BCUT2D eigenvalue weighted by molar-refractivity contribution is 8.00. The molecule has 2 heteroatoms. The summed E-state index contributed by atoms with van der Waals surface area (Å²) in [6.07, 6.45) is 6.93. The van der Waals surface area contributed by atoms with Gasteiger partial charge in [0.25, 0.3) is 0 Å². The Morgan fingerprint density at radius 1 is 1.35 bits per heavy atom. The molecule has 1 saturated carbocycles. The van der Waals surface area contributed by atoms with E-state index in [0.717, 1.165) is 16.9 Å². The molecule has 1 fully saturated rings. The van der Waals surface area contributed by atoms with Gasteiger partial charge in [-0.25, -0.2) is 0 Å². The van der Waals surface area contributed by atoms with E-state index in [-0.39, 0.29) is 0 Å². The van der Waals surface area contributed by atoms with Crippen LogP contribution < -0.4 is 5.73 Å². The summed E-state index contributed by atoms with van der Waals surface area (Å²) in [4.78, 5) is 1.38. The van der Waals surface area contributed by atoms with Crippen LogP contribution in [0.3, 0.4) is 0 Å². The third kappa shape index (κ3) is 3.19. The third-order valence-corrected chi connectivity index (χ3v) is 5.39. The Bertz CT molecular complexity index is 375. The fraction of sp³-hybridized carbons (Fsp3) is 0.600. The Morgan fingerprint density at radius 3 is 2.94 bits per heavy atom. The van der Waals surface area contributed by atoms with Gasteiger partial charge >= 0.3 is 0 Å². The number of benzene rings is 1. The summed E-state index contributed by atoms with van der Waals surface area (Å²) in [6.45, 7) is 4.46. The van der Waals surface area contributed by atoms with Crippen molar-refractivity contribution < 1.29 is 0 Å².